The molecule has 0 amide bonds. The van der Waals surface area contributed by atoms with Gasteiger partial charge >= 0.3 is 0 Å². The van der Waals surface area contributed by atoms with Gasteiger partial charge in [0.2, 0.25) is 0 Å². The van der Waals surface area contributed by atoms with Crippen LogP contribution in [0.5, 0.6) is 0 Å². The summed E-state index contributed by atoms with van der Waals surface area (Å²) in [6, 6.07) is 8.64. The highest BCUT2D eigenvalue weighted by atomic mass is 28.3. The summed E-state index contributed by atoms with van der Waals surface area (Å²) in [5.41, 5.74) is 0. The fraction of sp³-hybridized carbons (Fsp3) is 0.182. The topological polar surface area (TPSA) is 0 Å². The van der Waals surface area contributed by atoms with Gasteiger partial charge in [0, 0.05) is 0 Å². The van der Waals surface area contributed by atoms with E-state index in [1.807, 2.05) is 6.92 Å². The normalized spacial score (nSPS) is 16.8. The number of unbranched alkanes of at least 4 members (excludes halogenated alkanes) is 1. The van der Waals surface area contributed by atoms with Crippen molar-refractivity contribution in [2.45, 2.75) is 25.8 Å². The van der Waals surface area contributed by atoms with Gasteiger partial charge in [-0.15, -0.1) is 0 Å². The molecular formula is C22H24Si. The second kappa shape index (κ2) is 7.43. The molecule has 116 valence electrons. The van der Waals surface area contributed by atoms with E-state index in [0.29, 0.717) is 21.6 Å². The second-order valence-electron chi connectivity index (χ2n) is 5.48. The number of hydrogen-bond acceptors (Lipinski definition) is 0. The minimum absolute atomic E-state index is 0.107. The summed E-state index contributed by atoms with van der Waals surface area (Å²) in [5.74, 6) is 0. The first kappa shape index (κ1) is 8.12. The first-order valence-corrected chi connectivity index (χ1v) is 9.98. The Morgan fingerprint density at radius 1 is 0.652 bits per heavy atom. The summed E-state index contributed by atoms with van der Waals surface area (Å²) >= 11 is 0. The van der Waals surface area contributed by atoms with Crippen LogP contribution >= 0.6 is 0 Å². The molecule has 0 N–H and O–H groups in total. The maximum Gasteiger partial charge on any atom is 0.148 e. The van der Waals surface area contributed by atoms with E-state index >= 15 is 0 Å². The van der Waals surface area contributed by atoms with Gasteiger partial charge in [-0.1, -0.05) is 111 Å². The molecule has 0 unspecified atom stereocenters. The fourth-order valence-electron chi connectivity index (χ4n) is 3.05. The van der Waals surface area contributed by atoms with Crippen molar-refractivity contribution < 1.29 is 12.3 Å². The van der Waals surface area contributed by atoms with Crippen molar-refractivity contribution in [3.63, 3.8) is 0 Å². The third-order valence-electron chi connectivity index (χ3n) is 4.18. The predicted molar refractivity (Wildman–Crippen MR) is 104 cm³/mol. The third kappa shape index (κ3) is 3.15. The summed E-state index contributed by atoms with van der Waals surface area (Å²) in [6.45, 7) is 2.02. The van der Waals surface area contributed by atoms with Crippen molar-refractivity contribution in [3.05, 3.63) is 90.8 Å². The van der Waals surface area contributed by atoms with Crippen molar-refractivity contribution in [1.82, 2.24) is 0 Å². The van der Waals surface area contributed by atoms with E-state index < -0.39 is 8.07 Å². The van der Waals surface area contributed by atoms with E-state index in [9.17, 15) is 0 Å². The highest BCUT2D eigenvalue weighted by Crippen LogP contribution is 2.16. The molecule has 0 aliphatic heterocycles. The molecule has 0 bridgehead atoms. The molecule has 0 fully saturated rings. The highest BCUT2D eigenvalue weighted by Gasteiger charge is 2.38. The minimum Gasteiger partial charge on any atom is -0.0654 e. The molecule has 0 aliphatic rings. The SMILES string of the molecule is [2H]c1cc([Si](CCCC)(c2cc([2H])c([2H])c([2H])c2)c2cc([2H])c([2H])c([2H])c2)cc([2H])c1[2H]. The molecule has 3 rings (SSSR count). The van der Waals surface area contributed by atoms with Crippen LogP contribution in [0, 0.1) is 0 Å². The molecule has 0 aliphatic carbocycles. The molecule has 0 atom stereocenters. The van der Waals surface area contributed by atoms with E-state index in [1.165, 1.54) is 0 Å². The maximum atomic E-state index is 8.23. The summed E-state index contributed by atoms with van der Waals surface area (Å²) in [5, 5.41) is 1.89. The van der Waals surface area contributed by atoms with Crippen LogP contribution in [-0.2, 0) is 0 Å². The Bertz CT molecular complexity index is 968. The molecule has 1 heteroatoms. The van der Waals surface area contributed by atoms with Crippen molar-refractivity contribution >= 4 is 23.6 Å². The van der Waals surface area contributed by atoms with Crippen molar-refractivity contribution in [2.75, 3.05) is 0 Å². The quantitative estimate of drug-likeness (QED) is 0.475. The van der Waals surface area contributed by atoms with Crippen LogP contribution < -0.4 is 15.6 Å². The molecule has 0 saturated heterocycles. The van der Waals surface area contributed by atoms with E-state index in [2.05, 4.69) is 0 Å². The Morgan fingerprint density at radius 2 is 1.00 bits per heavy atom. The Morgan fingerprint density at radius 3 is 1.30 bits per heavy atom. The summed E-state index contributed by atoms with van der Waals surface area (Å²) in [6.07, 6.45) is 1.59. The predicted octanol–water partition coefficient (Wildman–Crippen LogP) is 3.96. The lowest BCUT2D eigenvalue weighted by molar-refractivity contribution is 0.874. The molecule has 0 radical (unpaired) electrons. The van der Waals surface area contributed by atoms with Gasteiger partial charge in [0.1, 0.15) is 8.07 Å². The Balaban J connectivity index is 2.50. The smallest absolute Gasteiger partial charge is 0.0654 e. The molecule has 3 aromatic rings. The molecule has 0 heterocycles. The Hall–Kier alpha value is -2.12. The second-order valence-corrected chi connectivity index (χ2v) is 9.52. The van der Waals surface area contributed by atoms with E-state index in [4.69, 9.17) is 12.3 Å². The molecule has 0 saturated carbocycles. The van der Waals surface area contributed by atoms with E-state index in [-0.39, 0.29) is 54.4 Å². The zero-order chi connectivity index (χ0) is 23.8. The Labute approximate surface area is 153 Å². The molecular weight excluding hydrogens is 292 g/mol. The maximum absolute atomic E-state index is 8.23. The standard InChI is InChI=1S/C22H24Si/c1-2-3-19-23(20-13-7-4-8-14-20,21-15-9-5-10-16-21)22-17-11-6-12-18-22/h4-18H,2-3,19H2,1H3/i4D,5D,6D,7D,8D,9D,10D,11D,12D. The van der Waals surface area contributed by atoms with Gasteiger partial charge in [0.05, 0.1) is 12.3 Å². The van der Waals surface area contributed by atoms with Crippen molar-refractivity contribution in [3.8, 4) is 0 Å². The molecule has 0 spiro atoms. The largest absolute Gasteiger partial charge is 0.148 e. The lowest BCUT2D eigenvalue weighted by atomic mass is 10.3. The van der Waals surface area contributed by atoms with Crippen LogP contribution in [-0.4, -0.2) is 8.07 Å². The van der Waals surface area contributed by atoms with Crippen LogP contribution in [0.3, 0.4) is 0 Å². The van der Waals surface area contributed by atoms with Crippen molar-refractivity contribution in [1.29, 1.82) is 0 Å². The molecule has 3 aromatic carbocycles. The Kier molecular flexibility index (Phi) is 2.62. The van der Waals surface area contributed by atoms with E-state index in [1.54, 1.807) is 36.4 Å². The van der Waals surface area contributed by atoms with Gasteiger partial charge in [-0.3, -0.25) is 0 Å². The lowest BCUT2D eigenvalue weighted by Gasteiger charge is -2.34. The van der Waals surface area contributed by atoms with Gasteiger partial charge in [-0.2, -0.15) is 0 Å². The average Bonchev–Trinajstić information content (AvgIpc) is 2.74. The van der Waals surface area contributed by atoms with Crippen LogP contribution in [0.25, 0.3) is 0 Å². The first-order valence-electron chi connectivity index (χ1n) is 12.3. The molecule has 0 aromatic heterocycles. The van der Waals surface area contributed by atoms with Crippen LogP contribution in [0.1, 0.15) is 32.1 Å². The van der Waals surface area contributed by atoms with Gasteiger partial charge < -0.3 is 0 Å². The lowest BCUT2D eigenvalue weighted by Crippen LogP contribution is -2.66. The van der Waals surface area contributed by atoms with Crippen LogP contribution in [0.2, 0.25) is 6.04 Å². The minimum atomic E-state index is -3.17. The fourth-order valence-corrected chi connectivity index (χ4v) is 7.71. The molecule has 0 nitrogen and oxygen atoms in total. The van der Waals surface area contributed by atoms with Gasteiger partial charge in [-0.25, -0.2) is 0 Å². The summed E-state index contributed by atoms with van der Waals surface area (Å²) < 4.78 is 73.2. The monoisotopic (exact) mass is 325 g/mol. The number of rotatable bonds is 6. The third-order valence-corrected chi connectivity index (χ3v) is 9.11. The number of benzene rings is 3. The van der Waals surface area contributed by atoms with Crippen LogP contribution in [0.15, 0.2) is 90.8 Å². The number of hydrogen-bond donors (Lipinski definition) is 0. The summed E-state index contributed by atoms with van der Waals surface area (Å²) in [4.78, 5) is 0. The highest BCUT2D eigenvalue weighted by molar-refractivity contribution is 7.11. The first-order chi connectivity index (χ1) is 15.0. The van der Waals surface area contributed by atoms with Gasteiger partial charge in [-0.05, 0) is 21.6 Å². The van der Waals surface area contributed by atoms with Gasteiger partial charge in [0.15, 0.2) is 0 Å². The van der Waals surface area contributed by atoms with Crippen LogP contribution in [0.4, 0.5) is 0 Å². The zero-order valence-corrected chi connectivity index (χ0v) is 14.1. The van der Waals surface area contributed by atoms with Crippen molar-refractivity contribution in [2.24, 2.45) is 0 Å². The average molecular weight is 326 g/mol. The van der Waals surface area contributed by atoms with E-state index in [0.717, 1.165) is 12.8 Å². The van der Waals surface area contributed by atoms with Gasteiger partial charge in [0.25, 0.3) is 0 Å². The molecule has 23 heavy (non-hydrogen) atoms. The summed E-state index contributed by atoms with van der Waals surface area (Å²) in [7, 11) is -3.17. The zero-order valence-electron chi connectivity index (χ0n) is 22.1.